The highest BCUT2D eigenvalue weighted by Gasteiger charge is 2.36. The molecule has 0 amide bonds. The zero-order chi connectivity index (χ0) is 22.4. The van der Waals surface area contributed by atoms with Gasteiger partial charge in [0.2, 0.25) is 0 Å². The summed E-state index contributed by atoms with van der Waals surface area (Å²) in [5, 5.41) is 8.91. The standard InChI is InChI=1S/C21H22ClN3O3S3/c1-21(2)11-13-18(16(12-21)24-28-3)20(29-4)30-19(13)15-9-10-25(23-15)31(26,27)17-8-6-5-7-14(17)22/h5-10H,11-12H2,1-4H3/b24-16+. The molecule has 0 radical (unpaired) electrons. The summed E-state index contributed by atoms with van der Waals surface area (Å²) in [6.45, 7) is 4.39. The quantitative estimate of drug-likeness (QED) is 0.343. The highest BCUT2D eigenvalue weighted by Crippen LogP contribution is 2.48. The van der Waals surface area contributed by atoms with Gasteiger partial charge in [-0.1, -0.05) is 42.7 Å². The van der Waals surface area contributed by atoms with Crippen LogP contribution in [0.25, 0.3) is 10.6 Å². The van der Waals surface area contributed by atoms with Gasteiger partial charge in [-0.3, -0.25) is 0 Å². The number of nitrogens with zero attached hydrogens (tertiary/aromatic N) is 3. The molecule has 164 valence electrons. The van der Waals surface area contributed by atoms with Gasteiger partial charge in [-0.05, 0) is 48.3 Å². The maximum absolute atomic E-state index is 13.1. The van der Waals surface area contributed by atoms with Gasteiger partial charge in [-0.25, -0.2) is 0 Å². The van der Waals surface area contributed by atoms with Gasteiger partial charge in [0.1, 0.15) is 17.7 Å². The fraction of sp³-hybridized carbons (Fsp3) is 0.333. The minimum Gasteiger partial charge on any atom is -0.399 e. The Labute approximate surface area is 195 Å². The number of rotatable bonds is 5. The summed E-state index contributed by atoms with van der Waals surface area (Å²) in [5.41, 5.74) is 3.77. The molecular weight excluding hydrogens is 474 g/mol. The normalized spacial score (nSPS) is 17.0. The van der Waals surface area contributed by atoms with E-state index in [0.29, 0.717) is 5.69 Å². The molecule has 0 aliphatic heterocycles. The third kappa shape index (κ3) is 4.04. The molecule has 0 saturated carbocycles. The predicted octanol–water partition coefficient (Wildman–Crippen LogP) is 5.55. The molecule has 6 nitrogen and oxygen atoms in total. The van der Waals surface area contributed by atoms with Crippen LogP contribution in [0.3, 0.4) is 0 Å². The van der Waals surface area contributed by atoms with E-state index < -0.39 is 10.0 Å². The third-order valence-corrected chi connectivity index (χ3v) is 9.53. The van der Waals surface area contributed by atoms with E-state index >= 15 is 0 Å². The Bertz CT molecular complexity index is 1280. The second-order valence-electron chi connectivity index (χ2n) is 8.02. The number of hydrogen-bond acceptors (Lipinski definition) is 7. The molecule has 4 rings (SSSR count). The second-order valence-corrected chi connectivity index (χ2v) is 12.3. The van der Waals surface area contributed by atoms with Crippen molar-refractivity contribution in [2.45, 2.75) is 35.8 Å². The molecule has 31 heavy (non-hydrogen) atoms. The lowest BCUT2D eigenvalue weighted by Crippen LogP contribution is -2.27. The van der Waals surface area contributed by atoms with Crippen molar-refractivity contribution in [3.05, 3.63) is 52.7 Å². The first-order chi connectivity index (χ1) is 14.7. The van der Waals surface area contributed by atoms with Gasteiger partial charge in [-0.2, -0.15) is 17.6 Å². The number of fused-ring (bicyclic) bond motifs is 1. The Balaban J connectivity index is 1.84. The van der Waals surface area contributed by atoms with Gasteiger partial charge < -0.3 is 4.84 Å². The molecule has 0 fully saturated rings. The summed E-state index contributed by atoms with van der Waals surface area (Å²) in [7, 11) is -2.33. The molecule has 1 aliphatic rings. The van der Waals surface area contributed by atoms with E-state index in [1.54, 1.807) is 54.5 Å². The molecule has 0 atom stereocenters. The van der Waals surface area contributed by atoms with E-state index in [1.165, 1.54) is 12.3 Å². The summed E-state index contributed by atoms with van der Waals surface area (Å²) in [4.78, 5) is 6.12. The van der Waals surface area contributed by atoms with Crippen LogP contribution in [0, 0.1) is 5.41 Å². The molecule has 2 aromatic heterocycles. The second kappa shape index (κ2) is 8.27. The van der Waals surface area contributed by atoms with Crippen molar-refractivity contribution in [3.8, 4) is 10.6 Å². The Kier molecular flexibility index (Phi) is 5.97. The van der Waals surface area contributed by atoms with Crippen molar-refractivity contribution in [1.82, 2.24) is 9.19 Å². The molecule has 0 saturated heterocycles. The van der Waals surface area contributed by atoms with E-state index in [0.717, 1.165) is 42.9 Å². The van der Waals surface area contributed by atoms with Gasteiger partial charge in [0.05, 0.1) is 19.8 Å². The Morgan fingerprint density at radius 1 is 1.26 bits per heavy atom. The first-order valence-corrected chi connectivity index (χ1v) is 13.4. The fourth-order valence-electron chi connectivity index (χ4n) is 3.84. The van der Waals surface area contributed by atoms with Crippen LogP contribution in [-0.4, -0.2) is 36.7 Å². The average Bonchev–Trinajstić information content (AvgIpc) is 3.32. The number of benzene rings is 1. The van der Waals surface area contributed by atoms with Crippen molar-refractivity contribution < 1.29 is 13.3 Å². The van der Waals surface area contributed by atoms with Crippen LogP contribution in [0.15, 0.2) is 50.8 Å². The largest absolute Gasteiger partial charge is 0.399 e. The van der Waals surface area contributed by atoms with Crippen molar-refractivity contribution in [3.63, 3.8) is 0 Å². The predicted molar refractivity (Wildman–Crippen MR) is 127 cm³/mol. The highest BCUT2D eigenvalue weighted by atomic mass is 35.5. The van der Waals surface area contributed by atoms with E-state index in [2.05, 4.69) is 24.1 Å². The fourth-order valence-corrected chi connectivity index (χ4v) is 7.52. The summed E-state index contributed by atoms with van der Waals surface area (Å²) in [6, 6.07) is 8.10. The third-order valence-electron chi connectivity index (χ3n) is 5.11. The van der Waals surface area contributed by atoms with Crippen LogP contribution in [0.4, 0.5) is 0 Å². The summed E-state index contributed by atoms with van der Waals surface area (Å²) >= 11 is 9.39. The zero-order valence-electron chi connectivity index (χ0n) is 17.5. The van der Waals surface area contributed by atoms with Gasteiger partial charge in [0.25, 0.3) is 10.0 Å². The lowest BCUT2D eigenvalue weighted by atomic mass is 9.74. The Hall–Kier alpha value is -1.81. The number of thiophene rings is 1. The molecular formula is C21H22ClN3O3S3. The summed E-state index contributed by atoms with van der Waals surface area (Å²) in [5.74, 6) is 0. The smallest absolute Gasteiger partial charge is 0.284 e. The zero-order valence-corrected chi connectivity index (χ0v) is 20.8. The van der Waals surface area contributed by atoms with Gasteiger partial charge in [0, 0.05) is 11.8 Å². The minimum absolute atomic E-state index is 0.00205. The van der Waals surface area contributed by atoms with Crippen LogP contribution >= 0.6 is 34.7 Å². The average molecular weight is 496 g/mol. The summed E-state index contributed by atoms with van der Waals surface area (Å²) in [6.07, 6.45) is 5.16. The molecule has 3 aromatic rings. The van der Waals surface area contributed by atoms with Crippen LogP contribution in [-0.2, 0) is 21.3 Å². The van der Waals surface area contributed by atoms with E-state index in [1.807, 2.05) is 6.26 Å². The Morgan fingerprint density at radius 2 is 2.00 bits per heavy atom. The highest BCUT2D eigenvalue weighted by molar-refractivity contribution is 8.00. The first kappa shape index (κ1) is 22.4. The van der Waals surface area contributed by atoms with E-state index in [-0.39, 0.29) is 15.3 Å². The molecule has 0 unspecified atom stereocenters. The molecule has 0 bridgehead atoms. The molecule has 0 spiro atoms. The lowest BCUT2D eigenvalue weighted by molar-refractivity contribution is 0.210. The monoisotopic (exact) mass is 495 g/mol. The topological polar surface area (TPSA) is 73.6 Å². The number of hydrogen-bond donors (Lipinski definition) is 0. The van der Waals surface area contributed by atoms with Gasteiger partial charge in [0.15, 0.2) is 0 Å². The number of oxime groups is 1. The maximum Gasteiger partial charge on any atom is 0.284 e. The molecule has 10 heteroatoms. The molecule has 1 aromatic carbocycles. The van der Waals surface area contributed by atoms with Crippen LogP contribution in [0.1, 0.15) is 31.4 Å². The minimum atomic E-state index is -3.89. The van der Waals surface area contributed by atoms with Crippen LogP contribution in [0.2, 0.25) is 5.02 Å². The molecule has 0 N–H and O–H groups in total. The maximum atomic E-state index is 13.1. The molecule has 1 aliphatic carbocycles. The number of aromatic nitrogens is 2. The van der Waals surface area contributed by atoms with E-state index in [9.17, 15) is 8.42 Å². The van der Waals surface area contributed by atoms with E-state index in [4.69, 9.17) is 16.4 Å². The number of thioether (sulfide) groups is 1. The number of halogens is 1. The van der Waals surface area contributed by atoms with Gasteiger partial charge >= 0.3 is 0 Å². The van der Waals surface area contributed by atoms with Crippen LogP contribution < -0.4 is 0 Å². The van der Waals surface area contributed by atoms with Crippen molar-refractivity contribution in [1.29, 1.82) is 0 Å². The SMILES string of the molecule is CO/N=C1\CC(C)(C)Cc2c(-c3ccn(S(=O)(=O)c4ccccc4Cl)n3)sc(SC)c21. The lowest BCUT2D eigenvalue weighted by Gasteiger charge is -2.31. The molecule has 2 heterocycles. The summed E-state index contributed by atoms with van der Waals surface area (Å²) < 4.78 is 28.3. The van der Waals surface area contributed by atoms with Gasteiger partial charge in [-0.15, -0.1) is 23.1 Å². The van der Waals surface area contributed by atoms with Crippen LogP contribution in [0.5, 0.6) is 0 Å². The van der Waals surface area contributed by atoms with Crippen molar-refractivity contribution >= 4 is 50.4 Å². The van der Waals surface area contributed by atoms with Crippen molar-refractivity contribution in [2.75, 3.05) is 13.4 Å². The first-order valence-electron chi connectivity index (χ1n) is 9.54. The Morgan fingerprint density at radius 3 is 2.68 bits per heavy atom. The van der Waals surface area contributed by atoms with Crippen molar-refractivity contribution in [2.24, 2.45) is 10.6 Å².